The maximum Gasteiger partial charge on any atom is 0.433 e. The highest BCUT2D eigenvalue weighted by Crippen LogP contribution is 2.43. The number of imidazole rings is 1. The van der Waals surface area contributed by atoms with Gasteiger partial charge in [0.15, 0.2) is 22.2 Å². The van der Waals surface area contributed by atoms with Crippen LogP contribution in [0.4, 0.5) is 45.6 Å². The number of carbonyl (C=O) groups is 1. The maximum atomic E-state index is 14.4. The first kappa shape index (κ1) is 31.3. The molecule has 0 fully saturated rings. The number of benzene rings is 1. The Labute approximate surface area is 230 Å². The number of ether oxygens (including phenoxy) is 1. The molecule has 1 amide bonds. The fraction of sp³-hybridized carbons (Fsp3) is 0.318. The molecule has 0 spiro atoms. The first-order valence-corrected chi connectivity index (χ1v) is 11.6. The van der Waals surface area contributed by atoms with Crippen LogP contribution in [0.25, 0.3) is 5.82 Å². The third kappa shape index (κ3) is 6.54. The molecular weight excluding hydrogens is 602 g/mol. The monoisotopic (exact) mass is 619 g/mol. The number of nitrogens with one attached hydrogen (secondary N) is 1. The van der Waals surface area contributed by atoms with Crippen LogP contribution in [0.2, 0.25) is 5.02 Å². The quantitative estimate of drug-likeness (QED) is 0.204. The molecule has 2 aromatic heterocycles. The van der Waals surface area contributed by atoms with E-state index < -0.39 is 74.5 Å². The van der Waals surface area contributed by atoms with E-state index in [4.69, 9.17) is 28.6 Å². The Hall–Kier alpha value is -3.28. The number of hydrogen-bond acceptors (Lipinski definition) is 6. The van der Waals surface area contributed by atoms with Crippen molar-refractivity contribution in [3.8, 4) is 11.6 Å². The second-order valence-corrected chi connectivity index (χ2v) is 8.88. The summed E-state index contributed by atoms with van der Waals surface area (Å²) < 4.78 is 117. The third-order valence-corrected chi connectivity index (χ3v) is 6.09. The number of amides is 1. The number of rotatable bonds is 7. The van der Waals surface area contributed by atoms with Gasteiger partial charge >= 0.3 is 18.4 Å². The molecule has 40 heavy (non-hydrogen) atoms. The molecule has 1 atom stereocenters. The van der Waals surface area contributed by atoms with E-state index >= 15 is 0 Å². The zero-order valence-corrected chi connectivity index (χ0v) is 21.8. The van der Waals surface area contributed by atoms with Gasteiger partial charge < -0.3 is 19.7 Å². The summed E-state index contributed by atoms with van der Waals surface area (Å²) in [6.45, 7) is -0.133. The van der Waals surface area contributed by atoms with Crippen molar-refractivity contribution in [2.45, 2.75) is 25.0 Å². The molecular formula is C22H18ClF8N5O3S. The molecule has 0 aliphatic carbocycles. The van der Waals surface area contributed by atoms with E-state index in [0.717, 1.165) is 30.1 Å². The van der Waals surface area contributed by atoms with Crippen molar-refractivity contribution in [2.75, 3.05) is 25.5 Å². The average Bonchev–Trinajstić information content (AvgIpc) is 3.20. The number of pyridine rings is 1. The lowest BCUT2D eigenvalue weighted by Gasteiger charge is -2.22. The minimum Gasteiger partial charge on any atom is -0.405 e. The number of likely N-dealkylation sites (N-methyl/N-ethyl adjacent to an activating group) is 1. The number of alkyl halides is 6. The van der Waals surface area contributed by atoms with Gasteiger partial charge in [-0.3, -0.25) is 9.47 Å². The molecule has 0 saturated carbocycles. The summed E-state index contributed by atoms with van der Waals surface area (Å²) in [6, 6.07) is 1.04. The highest BCUT2D eigenvalue weighted by Gasteiger charge is 2.43. The first-order chi connectivity index (χ1) is 18.5. The fourth-order valence-corrected chi connectivity index (χ4v) is 3.85. The lowest BCUT2D eigenvalue weighted by molar-refractivity contribution is -0.146. The summed E-state index contributed by atoms with van der Waals surface area (Å²) in [5.74, 6) is -5.32. The van der Waals surface area contributed by atoms with E-state index in [9.17, 15) is 45.0 Å². The van der Waals surface area contributed by atoms with Crippen molar-refractivity contribution >= 4 is 35.6 Å². The van der Waals surface area contributed by atoms with Gasteiger partial charge in [0.2, 0.25) is 0 Å². The third-order valence-electron chi connectivity index (χ3n) is 5.31. The van der Waals surface area contributed by atoms with Gasteiger partial charge in [-0.25, -0.2) is 18.6 Å². The van der Waals surface area contributed by atoms with Crippen molar-refractivity contribution in [3.05, 3.63) is 63.3 Å². The van der Waals surface area contributed by atoms with Crippen LogP contribution in [0.1, 0.15) is 11.3 Å². The number of aromatic nitrogens is 3. The summed E-state index contributed by atoms with van der Waals surface area (Å²) in [5.41, 5.74) is -4.74. The summed E-state index contributed by atoms with van der Waals surface area (Å²) in [7, 11) is 2.37. The van der Waals surface area contributed by atoms with Gasteiger partial charge in [0.1, 0.15) is 22.1 Å². The molecule has 18 heteroatoms. The van der Waals surface area contributed by atoms with Gasteiger partial charge in [0.05, 0.1) is 18.3 Å². The van der Waals surface area contributed by atoms with E-state index in [1.807, 2.05) is 0 Å². The van der Waals surface area contributed by atoms with Crippen molar-refractivity contribution in [3.63, 3.8) is 0 Å². The van der Waals surface area contributed by atoms with Gasteiger partial charge in [0, 0.05) is 26.0 Å². The number of hydrogen-bond donors (Lipinski definition) is 2. The average molecular weight is 620 g/mol. The molecule has 2 N–H and O–H groups in total. The molecule has 1 aromatic carbocycles. The molecule has 1 unspecified atom stereocenters. The van der Waals surface area contributed by atoms with Crippen LogP contribution in [0.15, 0.2) is 30.6 Å². The molecule has 3 aromatic rings. The van der Waals surface area contributed by atoms with E-state index in [1.165, 1.54) is 7.05 Å². The van der Waals surface area contributed by atoms with Crippen LogP contribution >= 0.6 is 23.8 Å². The SMILES string of the molecule is CNCC(O)Cn1ccn(-c2nc(C(F)(F)F)cc(C(F)(F)F)c2OC(=O)N(C)c2ccc(F)c(Cl)c2F)c1=S. The Morgan fingerprint density at radius 3 is 2.42 bits per heavy atom. The smallest absolute Gasteiger partial charge is 0.405 e. The largest absolute Gasteiger partial charge is 0.433 e. The van der Waals surface area contributed by atoms with Crippen molar-refractivity contribution in [1.82, 2.24) is 19.4 Å². The van der Waals surface area contributed by atoms with Crippen LogP contribution in [-0.4, -0.2) is 52.1 Å². The summed E-state index contributed by atoms with van der Waals surface area (Å²) in [4.78, 5) is 16.4. The number of carbonyl (C=O) groups excluding carboxylic acids is 1. The minimum atomic E-state index is -5.51. The summed E-state index contributed by atoms with van der Waals surface area (Å²) in [6.07, 6.45) is -11.5. The number of aliphatic hydroxyl groups is 1. The fourth-order valence-electron chi connectivity index (χ4n) is 3.41. The van der Waals surface area contributed by atoms with E-state index in [-0.39, 0.29) is 19.2 Å². The normalized spacial score (nSPS) is 12.9. The van der Waals surface area contributed by atoms with Gasteiger partial charge in [-0.1, -0.05) is 11.6 Å². The number of anilines is 1. The molecule has 0 radical (unpaired) electrons. The van der Waals surface area contributed by atoms with E-state index in [2.05, 4.69) is 10.3 Å². The highest BCUT2D eigenvalue weighted by atomic mass is 35.5. The van der Waals surface area contributed by atoms with Crippen molar-refractivity contribution in [1.29, 1.82) is 0 Å². The zero-order chi connectivity index (χ0) is 30.2. The molecule has 3 rings (SSSR count). The molecule has 0 saturated heterocycles. The van der Waals surface area contributed by atoms with Crippen LogP contribution in [-0.2, 0) is 18.9 Å². The highest BCUT2D eigenvalue weighted by molar-refractivity contribution is 7.71. The molecule has 0 aliphatic heterocycles. The Bertz CT molecular complexity index is 1470. The molecule has 2 heterocycles. The number of nitrogens with zero attached hydrogens (tertiary/aromatic N) is 4. The summed E-state index contributed by atoms with van der Waals surface area (Å²) in [5, 5.41) is 11.7. The van der Waals surface area contributed by atoms with E-state index in [0.29, 0.717) is 15.5 Å². The van der Waals surface area contributed by atoms with Crippen LogP contribution in [0.5, 0.6) is 5.75 Å². The predicted octanol–water partition coefficient (Wildman–Crippen LogP) is 5.59. The minimum absolute atomic E-state index is 0.0755. The Balaban J connectivity index is 2.21. The predicted molar refractivity (Wildman–Crippen MR) is 128 cm³/mol. The van der Waals surface area contributed by atoms with Crippen LogP contribution in [0, 0.1) is 16.4 Å². The second-order valence-electron chi connectivity index (χ2n) is 8.14. The van der Waals surface area contributed by atoms with Crippen LogP contribution in [0.3, 0.4) is 0 Å². The van der Waals surface area contributed by atoms with Gasteiger partial charge in [-0.05, 0) is 37.5 Å². The zero-order valence-electron chi connectivity index (χ0n) is 20.2. The number of halogens is 9. The topological polar surface area (TPSA) is 84.5 Å². The lowest BCUT2D eigenvalue weighted by atomic mass is 10.1. The first-order valence-electron chi connectivity index (χ1n) is 10.9. The Kier molecular flexibility index (Phi) is 9.12. The molecule has 0 bridgehead atoms. The molecule has 218 valence electrons. The van der Waals surface area contributed by atoms with Crippen LogP contribution < -0.4 is 15.0 Å². The lowest BCUT2D eigenvalue weighted by Crippen LogP contribution is -2.32. The van der Waals surface area contributed by atoms with Gasteiger partial charge in [-0.2, -0.15) is 26.3 Å². The Morgan fingerprint density at radius 2 is 1.85 bits per heavy atom. The van der Waals surface area contributed by atoms with E-state index in [1.54, 1.807) is 0 Å². The maximum absolute atomic E-state index is 14.4. The van der Waals surface area contributed by atoms with Crippen molar-refractivity contribution < 1.29 is 49.8 Å². The van der Waals surface area contributed by atoms with Gasteiger partial charge in [-0.15, -0.1) is 0 Å². The standard InChI is InChI=1S/C22H18ClF8N5O3S/c1-32-8-10(37)9-35-5-6-36(19(35)40)18-17(11(21(26,27)28)7-14(33-18)22(29,30)31)39-20(38)34(2)13-4-3-12(24)15(23)16(13)25/h3-7,10,32,37H,8-9H2,1-2H3. The Morgan fingerprint density at radius 1 is 1.20 bits per heavy atom. The number of aliphatic hydroxyl groups excluding tert-OH is 1. The van der Waals surface area contributed by atoms with Gasteiger partial charge in [0.25, 0.3) is 0 Å². The van der Waals surface area contributed by atoms with Crippen molar-refractivity contribution in [2.24, 2.45) is 0 Å². The second kappa shape index (κ2) is 11.7. The molecule has 8 nitrogen and oxygen atoms in total. The summed E-state index contributed by atoms with van der Waals surface area (Å²) >= 11 is 10.7. The molecule has 0 aliphatic rings.